The second kappa shape index (κ2) is 8.44. The summed E-state index contributed by atoms with van der Waals surface area (Å²) in [6, 6.07) is 34.2. The van der Waals surface area contributed by atoms with Gasteiger partial charge in [-0.3, -0.25) is 0 Å². The molecule has 5 rings (SSSR count). The average molecular weight is 418 g/mol. The SMILES string of the molecule is O=C(O)c1ccccc1NCc1cccc(-n2ccc3c(-c4ccccc4)cccc32)c1. The number of carboxylic acids is 1. The quantitative estimate of drug-likeness (QED) is 0.326. The summed E-state index contributed by atoms with van der Waals surface area (Å²) in [4.78, 5) is 11.5. The Bertz CT molecular complexity index is 1400. The largest absolute Gasteiger partial charge is 0.478 e. The minimum atomic E-state index is -0.935. The van der Waals surface area contributed by atoms with Gasteiger partial charge in [0.15, 0.2) is 0 Å². The Morgan fingerprint density at radius 1 is 0.812 bits per heavy atom. The molecule has 5 aromatic rings. The Kier molecular flexibility index (Phi) is 5.18. The number of benzene rings is 4. The number of hydrogen-bond donors (Lipinski definition) is 2. The van der Waals surface area contributed by atoms with Gasteiger partial charge in [0.2, 0.25) is 0 Å². The molecule has 0 saturated carbocycles. The highest BCUT2D eigenvalue weighted by atomic mass is 16.4. The maximum atomic E-state index is 11.5. The lowest BCUT2D eigenvalue weighted by Crippen LogP contribution is -2.06. The number of nitrogens with one attached hydrogen (secondary N) is 1. The Balaban J connectivity index is 1.46. The lowest BCUT2D eigenvalue weighted by Gasteiger charge is -2.12. The highest BCUT2D eigenvalue weighted by Gasteiger charge is 2.10. The molecule has 4 heteroatoms. The maximum absolute atomic E-state index is 11.5. The van der Waals surface area contributed by atoms with Crippen LogP contribution in [-0.2, 0) is 6.54 Å². The molecule has 0 amide bonds. The number of carboxylic acid groups (broad SMARTS) is 1. The standard InChI is InChI=1S/C28H22N2O2/c31-28(32)25-12-4-5-14-26(25)29-19-20-8-6-11-22(18-20)30-17-16-24-23(13-7-15-27(24)30)21-9-2-1-3-10-21/h1-18,29H,19H2,(H,31,32). The van der Waals surface area contributed by atoms with E-state index in [1.54, 1.807) is 18.2 Å². The number of para-hydroxylation sites is 1. The predicted octanol–water partition coefficient (Wildman–Crippen LogP) is 6.61. The van der Waals surface area contributed by atoms with Crippen molar-refractivity contribution >= 4 is 22.6 Å². The second-order valence-electron chi connectivity index (χ2n) is 7.66. The zero-order valence-corrected chi connectivity index (χ0v) is 17.4. The Morgan fingerprint density at radius 2 is 1.59 bits per heavy atom. The molecular formula is C28H22N2O2. The van der Waals surface area contributed by atoms with Gasteiger partial charge < -0.3 is 15.0 Å². The van der Waals surface area contributed by atoms with Crippen molar-refractivity contribution in [3.05, 3.63) is 120 Å². The number of fused-ring (bicyclic) bond motifs is 1. The summed E-state index contributed by atoms with van der Waals surface area (Å²) in [7, 11) is 0. The molecule has 0 atom stereocenters. The summed E-state index contributed by atoms with van der Waals surface area (Å²) >= 11 is 0. The molecule has 0 unspecified atom stereocenters. The van der Waals surface area contributed by atoms with Gasteiger partial charge in [0.25, 0.3) is 0 Å². The third kappa shape index (κ3) is 3.74. The summed E-state index contributed by atoms with van der Waals surface area (Å²) in [6.45, 7) is 0.534. The van der Waals surface area contributed by atoms with E-state index in [1.165, 1.54) is 16.5 Å². The molecule has 0 radical (unpaired) electrons. The number of rotatable bonds is 6. The van der Waals surface area contributed by atoms with Crippen molar-refractivity contribution in [3.8, 4) is 16.8 Å². The van der Waals surface area contributed by atoms with Gasteiger partial charge in [0.05, 0.1) is 11.1 Å². The smallest absolute Gasteiger partial charge is 0.337 e. The van der Waals surface area contributed by atoms with Gasteiger partial charge in [0.1, 0.15) is 0 Å². The molecule has 4 aromatic carbocycles. The number of hydrogen-bond acceptors (Lipinski definition) is 2. The first-order valence-corrected chi connectivity index (χ1v) is 10.5. The average Bonchev–Trinajstić information content (AvgIpc) is 3.28. The normalized spacial score (nSPS) is 10.9. The van der Waals surface area contributed by atoms with E-state index in [-0.39, 0.29) is 5.56 Å². The molecule has 0 saturated heterocycles. The van der Waals surface area contributed by atoms with Gasteiger partial charge >= 0.3 is 5.97 Å². The molecular weight excluding hydrogens is 396 g/mol. The van der Waals surface area contributed by atoms with Gasteiger partial charge in [0, 0.05) is 29.5 Å². The third-order valence-electron chi connectivity index (χ3n) is 5.65. The van der Waals surface area contributed by atoms with Crippen molar-refractivity contribution in [3.63, 3.8) is 0 Å². The molecule has 0 aliphatic carbocycles. The Morgan fingerprint density at radius 3 is 2.44 bits per heavy atom. The van der Waals surface area contributed by atoms with Crippen LogP contribution < -0.4 is 5.32 Å². The number of nitrogens with zero attached hydrogens (tertiary/aromatic N) is 1. The van der Waals surface area contributed by atoms with E-state index in [0.29, 0.717) is 12.2 Å². The Labute approximate surface area is 186 Å². The van der Waals surface area contributed by atoms with E-state index in [9.17, 15) is 9.90 Å². The Hall–Kier alpha value is -4.31. The van der Waals surface area contributed by atoms with Crippen molar-refractivity contribution in [2.45, 2.75) is 6.54 Å². The molecule has 2 N–H and O–H groups in total. The van der Waals surface area contributed by atoms with Crippen molar-refractivity contribution in [1.82, 2.24) is 4.57 Å². The lowest BCUT2D eigenvalue weighted by atomic mass is 10.0. The van der Waals surface area contributed by atoms with Crippen molar-refractivity contribution in [2.24, 2.45) is 0 Å². The number of aromatic carboxylic acids is 1. The van der Waals surface area contributed by atoms with Crippen LogP contribution in [0.15, 0.2) is 109 Å². The molecule has 0 aliphatic heterocycles. The molecule has 32 heavy (non-hydrogen) atoms. The third-order valence-corrected chi connectivity index (χ3v) is 5.65. The van der Waals surface area contributed by atoms with Gasteiger partial charge in [-0.2, -0.15) is 0 Å². The maximum Gasteiger partial charge on any atom is 0.337 e. The van der Waals surface area contributed by atoms with Crippen LogP contribution in [0.4, 0.5) is 5.69 Å². The molecule has 156 valence electrons. The predicted molar refractivity (Wildman–Crippen MR) is 129 cm³/mol. The van der Waals surface area contributed by atoms with Crippen LogP contribution in [0.5, 0.6) is 0 Å². The van der Waals surface area contributed by atoms with E-state index in [0.717, 1.165) is 16.8 Å². The molecule has 0 fully saturated rings. The topological polar surface area (TPSA) is 54.3 Å². The fraction of sp³-hybridized carbons (Fsp3) is 0.0357. The van der Waals surface area contributed by atoms with Crippen molar-refractivity contribution in [2.75, 3.05) is 5.32 Å². The van der Waals surface area contributed by atoms with Crippen LogP contribution in [0.2, 0.25) is 0 Å². The number of carbonyl (C=O) groups is 1. The number of aromatic nitrogens is 1. The summed E-state index contributed by atoms with van der Waals surface area (Å²) in [5.41, 5.74) is 6.58. The first-order valence-electron chi connectivity index (χ1n) is 10.5. The molecule has 0 aliphatic rings. The minimum Gasteiger partial charge on any atom is -0.478 e. The summed E-state index contributed by atoms with van der Waals surface area (Å²) in [5.74, 6) is -0.935. The van der Waals surface area contributed by atoms with E-state index in [1.807, 2.05) is 24.3 Å². The van der Waals surface area contributed by atoms with Crippen LogP contribution in [0, 0.1) is 0 Å². The van der Waals surface area contributed by atoms with Crippen LogP contribution in [0.1, 0.15) is 15.9 Å². The van der Waals surface area contributed by atoms with E-state index in [2.05, 4.69) is 76.7 Å². The summed E-state index contributed by atoms with van der Waals surface area (Å²) in [6.07, 6.45) is 2.10. The summed E-state index contributed by atoms with van der Waals surface area (Å²) in [5, 5.41) is 13.9. The highest BCUT2D eigenvalue weighted by Crippen LogP contribution is 2.31. The van der Waals surface area contributed by atoms with Crippen molar-refractivity contribution in [1.29, 1.82) is 0 Å². The molecule has 1 aromatic heterocycles. The number of anilines is 1. The van der Waals surface area contributed by atoms with E-state index >= 15 is 0 Å². The van der Waals surface area contributed by atoms with Gasteiger partial charge in [-0.1, -0.05) is 66.7 Å². The van der Waals surface area contributed by atoms with E-state index < -0.39 is 5.97 Å². The fourth-order valence-corrected chi connectivity index (χ4v) is 4.10. The van der Waals surface area contributed by atoms with Gasteiger partial charge in [-0.25, -0.2) is 4.79 Å². The van der Waals surface area contributed by atoms with Crippen LogP contribution in [0.3, 0.4) is 0 Å². The van der Waals surface area contributed by atoms with E-state index in [4.69, 9.17) is 0 Å². The second-order valence-corrected chi connectivity index (χ2v) is 7.66. The first kappa shape index (κ1) is 19.6. The summed E-state index contributed by atoms with van der Waals surface area (Å²) < 4.78 is 2.19. The minimum absolute atomic E-state index is 0.272. The molecule has 0 spiro atoms. The first-order chi connectivity index (χ1) is 15.7. The fourth-order valence-electron chi connectivity index (χ4n) is 4.10. The lowest BCUT2D eigenvalue weighted by molar-refractivity contribution is 0.0698. The van der Waals surface area contributed by atoms with Crippen LogP contribution >= 0.6 is 0 Å². The molecule has 4 nitrogen and oxygen atoms in total. The monoisotopic (exact) mass is 418 g/mol. The highest BCUT2D eigenvalue weighted by molar-refractivity contribution is 5.96. The molecule has 0 bridgehead atoms. The molecule has 1 heterocycles. The van der Waals surface area contributed by atoms with Crippen LogP contribution in [0.25, 0.3) is 27.7 Å². The van der Waals surface area contributed by atoms with Crippen LogP contribution in [-0.4, -0.2) is 15.6 Å². The van der Waals surface area contributed by atoms with Gasteiger partial charge in [-0.15, -0.1) is 0 Å². The van der Waals surface area contributed by atoms with Crippen molar-refractivity contribution < 1.29 is 9.90 Å². The zero-order chi connectivity index (χ0) is 21.9. The zero-order valence-electron chi connectivity index (χ0n) is 17.4. The van der Waals surface area contributed by atoms with Gasteiger partial charge in [-0.05, 0) is 53.1 Å².